The van der Waals surface area contributed by atoms with Gasteiger partial charge in [-0.3, -0.25) is 0 Å². The normalized spacial score (nSPS) is 13.0. The van der Waals surface area contributed by atoms with Crippen LogP contribution in [-0.2, 0) is 16.6 Å². The number of nitrogens with zero attached hydrogens (tertiary/aromatic N) is 4. The van der Waals surface area contributed by atoms with Crippen LogP contribution < -0.4 is 10.0 Å². The predicted molar refractivity (Wildman–Crippen MR) is 78.2 cm³/mol. The smallest absolute Gasteiger partial charge is 0.243 e. The predicted octanol–water partition coefficient (Wildman–Crippen LogP) is 0.472. The summed E-state index contributed by atoms with van der Waals surface area (Å²) < 4.78 is 28.8. The minimum absolute atomic E-state index is 0.0432. The second kappa shape index (κ2) is 6.64. The highest BCUT2D eigenvalue weighted by Gasteiger charge is 2.18. The van der Waals surface area contributed by atoms with Gasteiger partial charge in [0.05, 0.1) is 18.7 Å². The summed E-state index contributed by atoms with van der Waals surface area (Å²) in [7, 11) is -3.63. The molecular formula is C12H18N6O2S. The molecular weight excluding hydrogens is 292 g/mol. The fraction of sp³-hybridized carbons (Fsp3) is 0.417. The Morgan fingerprint density at radius 3 is 2.62 bits per heavy atom. The number of nitrogens with one attached hydrogen (secondary N) is 2. The van der Waals surface area contributed by atoms with Crippen LogP contribution in [0.4, 0.5) is 5.95 Å². The van der Waals surface area contributed by atoms with Gasteiger partial charge in [-0.1, -0.05) is 0 Å². The van der Waals surface area contributed by atoms with Crippen molar-refractivity contribution in [3.63, 3.8) is 0 Å². The molecule has 0 aliphatic carbocycles. The molecule has 0 fully saturated rings. The monoisotopic (exact) mass is 310 g/mol. The van der Waals surface area contributed by atoms with Gasteiger partial charge in [-0.05, 0) is 13.8 Å². The van der Waals surface area contributed by atoms with Crippen LogP contribution in [0.15, 0.2) is 36.0 Å². The molecule has 0 saturated carbocycles. The van der Waals surface area contributed by atoms with Crippen LogP contribution in [-0.4, -0.2) is 40.5 Å². The van der Waals surface area contributed by atoms with Gasteiger partial charge < -0.3 is 9.88 Å². The molecule has 8 nitrogen and oxygen atoms in total. The van der Waals surface area contributed by atoms with Crippen LogP contribution in [0.3, 0.4) is 0 Å². The summed E-state index contributed by atoms with van der Waals surface area (Å²) in [6.45, 7) is 4.86. The number of aromatic nitrogens is 4. The van der Waals surface area contributed by atoms with Crippen molar-refractivity contribution >= 4 is 16.0 Å². The molecule has 2 heterocycles. The van der Waals surface area contributed by atoms with E-state index in [-0.39, 0.29) is 10.9 Å². The summed E-state index contributed by atoms with van der Waals surface area (Å²) in [4.78, 5) is 11.9. The summed E-state index contributed by atoms with van der Waals surface area (Å²) in [5.41, 5.74) is 0. The van der Waals surface area contributed by atoms with Crippen LogP contribution in [0.2, 0.25) is 0 Å². The summed E-state index contributed by atoms with van der Waals surface area (Å²) in [5, 5.41) is 2.91. The van der Waals surface area contributed by atoms with Gasteiger partial charge in [-0.2, -0.15) is 0 Å². The lowest BCUT2D eigenvalue weighted by Crippen LogP contribution is -2.35. The van der Waals surface area contributed by atoms with Crippen LogP contribution in [0.1, 0.15) is 13.8 Å². The second-order valence-corrected chi connectivity index (χ2v) is 6.27. The van der Waals surface area contributed by atoms with Crippen molar-refractivity contribution < 1.29 is 8.42 Å². The van der Waals surface area contributed by atoms with Crippen LogP contribution in [0, 0.1) is 0 Å². The highest BCUT2D eigenvalue weighted by molar-refractivity contribution is 7.89. The van der Waals surface area contributed by atoms with Gasteiger partial charge in [0.2, 0.25) is 16.0 Å². The highest BCUT2D eigenvalue weighted by atomic mass is 32.2. The van der Waals surface area contributed by atoms with Crippen molar-refractivity contribution in [2.24, 2.45) is 0 Å². The second-order valence-electron chi connectivity index (χ2n) is 4.55. The third-order valence-corrected chi connectivity index (χ3v) is 4.22. The van der Waals surface area contributed by atoms with E-state index in [1.807, 2.05) is 6.92 Å². The number of rotatable bonds is 7. The first-order valence-corrected chi connectivity index (χ1v) is 8.03. The lowest BCUT2D eigenvalue weighted by molar-refractivity contribution is 0.520. The van der Waals surface area contributed by atoms with E-state index < -0.39 is 10.0 Å². The molecule has 2 aromatic rings. The van der Waals surface area contributed by atoms with E-state index in [2.05, 4.69) is 25.0 Å². The molecule has 0 aliphatic heterocycles. The van der Waals surface area contributed by atoms with Gasteiger partial charge in [0.15, 0.2) is 0 Å². The van der Waals surface area contributed by atoms with Crippen molar-refractivity contribution in [2.75, 3.05) is 11.9 Å². The number of anilines is 1. The lowest BCUT2D eigenvalue weighted by Gasteiger charge is -2.14. The van der Waals surface area contributed by atoms with Crippen LogP contribution in [0.5, 0.6) is 0 Å². The molecule has 0 aromatic carbocycles. The van der Waals surface area contributed by atoms with Crippen molar-refractivity contribution in [3.8, 4) is 0 Å². The van der Waals surface area contributed by atoms with Crippen molar-refractivity contribution in [3.05, 3.63) is 31.1 Å². The van der Waals surface area contributed by atoms with Gasteiger partial charge in [0.25, 0.3) is 0 Å². The maximum Gasteiger partial charge on any atom is 0.243 e. The van der Waals surface area contributed by atoms with Crippen molar-refractivity contribution in [1.29, 1.82) is 0 Å². The zero-order valence-corrected chi connectivity index (χ0v) is 12.7. The van der Waals surface area contributed by atoms with Crippen molar-refractivity contribution in [2.45, 2.75) is 31.3 Å². The molecule has 114 valence electrons. The van der Waals surface area contributed by atoms with Crippen LogP contribution >= 0.6 is 0 Å². The maximum atomic E-state index is 12.2. The fourth-order valence-corrected chi connectivity index (χ4v) is 2.91. The van der Waals surface area contributed by atoms with E-state index >= 15 is 0 Å². The topological polar surface area (TPSA) is 102 Å². The molecule has 2 aromatic heterocycles. The summed E-state index contributed by atoms with van der Waals surface area (Å²) in [6.07, 6.45) is 7.64. The highest BCUT2D eigenvalue weighted by Crippen LogP contribution is 2.08. The standard InChI is InChI=1S/C12H18N6O2S/c1-3-14-12-15-6-11(7-16-12)21(19,20)17-10(2)8-18-5-4-13-9-18/h4-7,9-10,17H,3,8H2,1-2H3,(H,14,15,16). The van der Waals surface area contributed by atoms with Gasteiger partial charge in [0.1, 0.15) is 4.90 Å². The van der Waals surface area contributed by atoms with Crippen molar-refractivity contribution in [1.82, 2.24) is 24.2 Å². The largest absolute Gasteiger partial charge is 0.355 e. The molecule has 0 aliphatic rings. The lowest BCUT2D eigenvalue weighted by atomic mass is 10.4. The van der Waals surface area contributed by atoms with Gasteiger partial charge in [0, 0.05) is 31.5 Å². The molecule has 2 rings (SSSR count). The zero-order valence-electron chi connectivity index (χ0n) is 11.9. The molecule has 21 heavy (non-hydrogen) atoms. The minimum Gasteiger partial charge on any atom is -0.355 e. The Labute approximate surface area is 123 Å². The molecule has 0 bridgehead atoms. The molecule has 1 unspecified atom stereocenters. The third-order valence-electron chi connectivity index (χ3n) is 2.67. The van der Waals surface area contributed by atoms with Gasteiger partial charge in [-0.15, -0.1) is 0 Å². The average Bonchev–Trinajstić information content (AvgIpc) is 2.92. The van der Waals surface area contributed by atoms with E-state index in [1.165, 1.54) is 12.4 Å². The van der Waals surface area contributed by atoms with E-state index in [9.17, 15) is 8.42 Å². The molecule has 9 heteroatoms. The summed E-state index contributed by atoms with van der Waals surface area (Å²) in [6, 6.07) is -0.280. The fourth-order valence-electron chi connectivity index (χ4n) is 1.79. The Morgan fingerprint density at radius 2 is 2.05 bits per heavy atom. The van der Waals surface area contributed by atoms with Gasteiger partial charge in [-0.25, -0.2) is 28.1 Å². The van der Waals surface area contributed by atoms with E-state index in [1.54, 1.807) is 30.2 Å². The first kappa shape index (κ1) is 15.4. The Kier molecular flexibility index (Phi) is 4.86. The molecule has 1 atom stereocenters. The molecule has 2 N–H and O–H groups in total. The van der Waals surface area contributed by atoms with Crippen LogP contribution in [0.25, 0.3) is 0 Å². The quantitative estimate of drug-likeness (QED) is 0.771. The number of hydrogen-bond donors (Lipinski definition) is 2. The molecule has 0 amide bonds. The van der Waals surface area contributed by atoms with E-state index in [0.29, 0.717) is 19.0 Å². The van der Waals surface area contributed by atoms with E-state index in [4.69, 9.17) is 0 Å². The van der Waals surface area contributed by atoms with E-state index in [0.717, 1.165) is 0 Å². The third kappa shape index (κ3) is 4.23. The first-order chi connectivity index (χ1) is 10.0. The molecule has 0 saturated heterocycles. The number of imidazole rings is 1. The Balaban J connectivity index is 2.03. The Hall–Kier alpha value is -2.00. The minimum atomic E-state index is -3.63. The Morgan fingerprint density at radius 1 is 1.33 bits per heavy atom. The molecule has 0 spiro atoms. The maximum absolute atomic E-state index is 12.2. The molecule has 0 radical (unpaired) electrons. The number of sulfonamides is 1. The first-order valence-electron chi connectivity index (χ1n) is 6.55. The Bertz CT molecular complexity index is 654. The average molecular weight is 310 g/mol. The summed E-state index contributed by atoms with van der Waals surface area (Å²) in [5.74, 6) is 0.405. The number of hydrogen-bond acceptors (Lipinski definition) is 6. The summed E-state index contributed by atoms with van der Waals surface area (Å²) >= 11 is 0. The van der Waals surface area contributed by atoms with Gasteiger partial charge >= 0.3 is 0 Å². The SMILES string of the molecule is CCNc1ncc(S(=O)(=O)NC(C)Cn2ccnc2)cn1. The zero-order chi connectivity index (χ0) is 15.3.